The number of rotatable bonds is 4. The van der Waals surface area contributed by atoms with Crippen LogP contribution in [0.1, 0.15) is 41.9 Å². The first-order valence-corrected chi connectivity index (χ1v) is 9.58. The number of nitrogens with zero attached hydrogens (tertiary/aromatic N) is 4. The van der Waals surface area contributed by atoms with Crippen molar-refractivity contribution in [3.8, 4) is 5.88 Å². The number of nitrogens with one attached hydrogen (secondary N) is 1. The minimum Gasteiger partial charge on any atom is -0.480 e. The van der Waals surface area contributed by atoms with Gasteiger partial charge >= 0.3 is 0 Å². The highest BCUT2D eigenvalue weighted by molar-refractivity contribution is 6.31. The van der Waals surface area contributed by atoms with Gasteiger partial charge in [0.05, 0.1) is 24.1 Å². The summed E-state index contributed by atoms with van der Waals surface area (Å²) in [6.45, 7) is 2.89. The molecule has 0 saturated heterocycles. The van der Waals surface area contributed by atoms with Crippen LogP contribution in [0.5, 0.6) is 5.88 Å². The molecule has 0 aliphatic carbocycles. The summed E-state index contributed by atoms with van der Waals surface area (Å²) in [4.78, 5) is 31.2. The van der Waals surface area contributed by atoms with Crippen LogP contribution < -0.4 is 10.3 Å². The molecule has 4 rings (SSSR count). The molecular formula is C19H22ClN5O2. The van der Waals surface area contributed by atoms with E-state index in [1.807, 2.05) is 6.07 Å². The molecule has 0 aromatic carbocycles. The van der Waals surface area contributed by atoms with E-state index in [-0.39, 0.29) is 5.56 Å². The van der Waals surface area contributed by atoms with E-state index in [0.29, 0.717) is 29.8 Å². The van der Waals surface area contributed by atoms with Gasteiger partial charge in [-0.1, -0.05) is 11.6 Å². The molecule has 0 spiro atoms. The highest BCUT2D eigenvalue weighted by Gasteiger charge is 2.23. The first-order chi connectivity index (χ1) is 13.1. The summed E-state index contributed by atoms with van der Waals surface area (Å²) in [5.74, 6) is 1.07. The molecule has 2 aliphatic rings. The number of H-pyrrole nitrogens is 1. The van der Waals surface area contributed by atoms with Crippen LogP contribution in [-0.2, 0) is 19.5 Å². The second kappa shape index (κ2) is 7.78. The lowest BCUT2D eigenvalue weighted by molar-refractivity contribution is 0.241. The molecule has 27 heavy (non-hydrogen) atoms. The maximum atomic E-state index is 12.6. The number of pyridine rings is 1. The zero-order valence-corrected chi connectivity index (χ0v) is 16.1. The number of fused-ring (bicyclic) bond motifs is 1. The van der Waals surface area contributed by atoms with E-state index < -0.39 is 0 Å². The Morgan fingerprint density at radius 1 is 1.33 bits per heavy atom. The van der Waals surface area contributed by atoms with Gasteiger partial charge in [0.15, 0.2) is 5.82 Å². The molecule has 142 valence electrons. The van der Waals surface area contributed by atoms with Crippen molar-refractivity contribution in [2.75, 3.05) is 20.2 Å². The predicted molar refractivity (Wildman–Crippen MR) is 104 cm³/mol. The Morgan fingerprint density at radius 3 is 2.96 bits per heavy atom. The van der Waals surface area contributed by atoms with E-state index >= 15 is 0 Å². The molecule has 2 aromatic rings. The van der Waals surface area contributed by atoms with Gasteiger partial charge in [-0.2, -0.15) is 0 Å². The molecule has 0 atom stereocenters. The van der Waals surface area contributed by atoms with Crippen LogP contribution in [0.15, 0.2) is 22.1 Å². The molecule has 0 unspecified atom stereocenters. The number of aromatic nitrogens is 3. The molecule has 2 aliphatic heterocycles. The summed E-state index contributed by atoms with van der Waals surface area (Å²) >= 11 is 6.16. The second-order valence-corrected chi connectivity index (χ2v) is 7.33. The monoisotopic (exact) mass is 387 g/mol. The number of halogens is 1. The Kier molecular flexibility index (Phi) is 5.22. The Hall–Kier alpha value is -2.25. The first kappa shape index (κ1) is 18.1. The molecule has 7 nitrogen and oxygen atoms in total. The number of aliphatic imine (C=N–C) groups is 1. The van der Waals surface area contributed by atoms with Crippen LogP contribution in [-0.4, -0.2) is 45.8 Å². The summed E-state index contributed by atoms with van der Waals surface area (Å²) in [7, 11) is 1.54. The summed E-state index contributed by atoms with van der Waals surface area (Å²) in [5.41, 5.74) is 3.50. The van der Waals surface area contributed by atoms with E-state index in [0.717, 1.165) is 61.3 Å². The molecule has 1 N–H and O–H groups in total. The maximum absolute atomic E-state index is 12.6. The Labute approximate surface area is 162 Å². The van der Waals surface area contributed by atoms with Crippen LogP contribution in [0.2, 0.25) is 5.02 Å². The van der Waals surface area contributed by atoms with Gasteiger partial charge in [0.2, 0.25) is 5.88 Å². The van der Waals surface area contributed by atoms with Crippen molar-refractivity contribution in [3.05, 3.63) is 50.3 Å². The zero-order chi connectivity index (χ0) is 18.8. The minimum atomic E-state index is -0.0566. The van der Waals surface area contributed by atoms with Crippen molar-refractivity contribution in [1.82, 2.24) is 19.9 Å². The Morgan fingerprint density at radius 2 is 2.22 bits per heavy atom. The van der Waals surface area contributed by atoms with Crippen LogP contribution >= 0.6 is 11.6 Å². The molecule has 0 radical (unpaired) electrons. The molecule has 8 heteroatoms. The fourth-order valence-electron chi connectivity index (χ4n) is 3.60. The molecule has 2 aromatic heterocycles. The lowest BCUT2D eigenvalue weighted by Gasteiger charge is -2.28. The average Bonchev–Trinajstić information content (AvgIpc) is 2.69. The molecule has 4 heterocycles. The third kappa shape index (κ3) is 3.89. The number of hydrogen-bond acceptors (Lipinski definition) is 6. The topological polar surface area (TPSA) is 83.5 Å². The second-order valence-electron chi connectivity index (χ2n) is 6.92. The van der Waals surface area contributed by atoms with Crippen LogP contribution in [0.4, 0.5) is 0 Å². The molecule has 0 amide bonds. The standard InChI is InChI=1S/C19H22ClN5O2/c1-27-19-14(20)8-12(9-22-19)10-25-7-5-15-13(11-25)18(26)24-17(23-15)16-4-2-3-6-21-16/h8-9H,2-7,10-11H2,1H3,(H,23,24,26). The van der Waals surface area contributed by atoms with Gasteiger partial charge in [-0.05, 0) is 30.9 Å². The largest absolute Gasteiger partial charge is 0.480 e. The minimum absolute atomic E-state index is 0.0566. The SMILES string of the molecule is COc1ncc(CN2CCc3nc(C4=NCCCC4)[nH]c(=O)c3C2)cc1Cl. The third-order valence-electron chi connectivity index (χ3n) is 5.01. The van der Waals surface area contributed by atoms with Gasteiger partial charge in [0.1, 0.15) is 5.02 Å². The third-order valence-corrected chi connectivity index (χ3v) is 5.28. The van der Waals surface area contributed by atoms with Gasteiger partial charge in [0.25, 0.3) is 5.56 Å². The molecular weight excluding hydrogens is 366 g/mol. The van der Waals surface area contributed by atoms with E-state index in [9.17, 15) is 4.79 Å². The van der Waals surface area contributed by atoms with Crippen LogP contribution in [0, 0.1) is 0 Å². The smallest absolute Gasteiger partial charge is 0.255 e. The summed E-state index contributed by atoms with van der Waals surface area (Å²) < 4.78 is 5.09. The van der Waals surface area contributed by atoms with Gasteiger partial charge in [0, 0.05) is 38.8 Å². The lowest BCUT2D eigenvalue weighted by atomic mass is 10.0. The van der Waals surface area contributed by atoms with Gasteiger partial charge in [-0.3, -0.25) is 14.7 Å². The van der Waals surface area contributed by atoms with E-state index in [2.05, 4.69) is 19.9 Å². The van der Waals surface area contributed by atoms with E-state index in [4.69, 9.17) is 21.3 Å². The molecule has 0 fully saturated rings. The van der Waals surface area contributed by atoms with Gasteiger partial charge in [-0.25, -0.2) is 9.97 Å². The molecule has 0 saturated carbocycles. The van der Waals surface area contributed by atoms with Gasteiger partial charge in [-0.15, -0.1) is 0 Å². The van der Waals surface area contributed by atoms with Crippen molar-refractivity contribution in [3.63, 3.8) is 0 Å². The zero-order valence-electron chi connectivity index (χ0n) is 15.3. The van der Waals surface area contributed by atoms with Gasteiger partial charge < -0.3 is 9.72 Å². The Balaban J connectivity index is 1.52. The fourth-order valence-corrected chi connectivity index (χ4v) is 3.87. The fraction of sp³-hybridized carbons (Fsp3) is 0.474. The number of ether oxygens (including phenoxy) is 1. The predicted octanol–water partition coefficient (Wildman–Crippen LogP) is 2.36. The Bertz CT molecular complexity index is 940. The van der Waals surface area contributed by atoms with Crippen LogP contribution in [0.25, 0.3) is 0 Å². The first-order valence-electron chi connectivity index (χ1n) is 9.20. The lowest BCUT2D eigenvalue weighted by Crippen LogP contribution is -2.36. The van der Waals surface area contributed by atoms with Crippen LogP contribution in [0.3, 0.4) is 0 Å². The normalized spacial score (nSPS) is 17.3. The summed E-state index contributed by atoms with van der Waals surface area (Å²) in [6, 6.07) is 1.86. The van der Waals surface area contributed by atoms with E-state index in [1.165, 1.54) is 0 Å². The summed E-state index contributed by atoms with van der Waals surface area (Å²) in [5, 5.41) is 0.491. The number of aromatic amines is 1. The maximum Gasteiger partial charge on any atom is 0.255 e. The summed E-state index contributed by atoms with van der Waals surface area (Å²) in [6.07, 6.45) is 5.60. The van der Waals surface area contributed by atoms with Crippen molar-refractivity contribution in [1.29, 1.82) is 0 Å². The van der Waals surface area contributed by atoms with Crippen molar-refractivity contribution >= 4 is 17.3 Å². The van der Waals surface area contributed by atoms with E-state index in [1.54, 1.807) is 13.3 Å². The van der Waals surface area contributed by atoms with Crippen molar-refractivity contribution in [2.45, 2.75) is 38.8 Å². The highest BCUT2D eigenvalue weighted by Crippen LogP contribution is 2.24. The quantitative estimate of drug-likeness (QED) is 0.870. The highest BCUT2D eigenvalue weighted by atomic mass is 35.5. The average molecular weight is 388 g/mol. The van der Waals surface area contributed by atoms with Crippen molar-refractivity contribution in [2.24, 2.45) is 4.99 Å². The molecule has 0 bridgehead atoms. The number of hydrogen-bond donors (Lipinski definition) is 1. The number of methoxy groups -OCH3 is 1. The van der Waals surface area contributed by atoms with Crippen molar-refractivity contribution < 1.29 is 4.74 Å².